The molecule has 5 N–H and O–H groups in total. The van der Waals surface area contributed by atoms with Crippen molar-refractivity contribution in [2.45, 2.75) is 26.2 Å². The fourth-order valence-electron chi connectivity index (χ4n) is 8.90. The number of benzene rings is 5. The molecule has 6 aromatic rings. The first kappa shape index (κ1) is 38.2. The predicted molar refractivity (Wildman–Crippen MR) is 253 cm³/mol. The molecule has 0 saturated heterocycles. The van der Waals surface area contributed by atoms with Gasteiger partial charge >= 0.3 is 0 Å². The highest BCUT2D eigenvalue weighted by Crippen LogP contribution is 2.41. The van der Waals surface area contributed by atoms with Gasteiger partial charge in [-0.25, -0.2) is 0 Å². The van der Waals surface area contributed by atoms with E-state index in [2.05, 4.69) is 173 Å². The molecule has 302 valence electrons. The van der Waals surface area contributed by atoms with Crippen molar-refractivity contribution in [3.8, 4) is 5.69 Å². The number of aliphatic hydroxyl groups excluding tert-OH is 4. The maximum Gasteiger partial charge on any atom is 0.218 e. The van der Waals surface area contributed by atoms with Crippen molar-refractivity contribution in [2.75, 3.05) is 0 Å². The number of aliphatic hydroxyl groups is 4. The minimum Gasteiger partial charge on any atom is -0.504 e. The smallest absolute Gasteiger partial charge is 0.218 e. The molecule has 10 rings (SSSR count). The summed E-state index contributed by atoms with van der Waals surface area (Å²) in [5.74, 6) is -2.86. The maximum atomic E-state index is 11.2. The molecule has 0 radical (unpaired) electrons. The summed E-state index contributed by atoms with van der Waals surface area (Å²) in [6.45, 7) is 2.13. The predicted octanol–water partition coefficient (Wildman–Crippen LogP) is 13.2. The van der Waals surface area contributed by atoms with E-state index in [4.69, 9.17) is 0 Å². The Bertz CT molecular complexity index is 3210. The van der Waals surface area contributed by atoms with Crippen LogP contribution in [-0.2, 0) is 0 Å². The average molecular weight is 811 g/mol. The molecule has 0 fully saturated rings. The molecule has 0 bridgehead atoms. The summed E-state index contributed by atoms with van der Waals surface area (Å²) in [4.78, 5) is 0. The third kappa shape index (κ3) is 6.89. The molecule has 0 spiro atoms. The third-order valence-corrected chi connectivity index (χ3v) is 12.0. The van der Waals surface area contributed by atoms with Gasteiger partial charge in [-0.2, -0.15) is 4.58 Å². The number of rotatable bonds is 4. The largest absolute Gasteiger partial charge is 0.504 e. The summed E-state index contributed by atoms with van der Waals surface area (Å²) in [5, 5.41) is 49.1. The Hall–Kier alpha value is -8.03. The number of para-hydroxylation sites is 3. The number of hydrogen-bond donors (Lipinski definition) is 5. The van der Waals surface area contributed by atoms with Crippen molar-refractivity contribution in [2.24, 2.45) is 0 Å². The van der Waals surface area contributed by atoms with Crippen molar-refractivity contribution in [1.29, 1.82) is 0 Å². The van der Waals surface area contributed by atoms with Crippen molar-refractivity contribution < 1.29 is 25.0 Å². The highest BCUT2D eigenvalue weighted by atomic mass is 16.4. The van der Waals surface area contributed by atoms with Crippen LogP contribution in [0.25, 0.3) is 55.9 Å². The fourth-order valence-corrected chi connectivity index (χ4v) is 8.90. The summed E-state index contributed by atoms with van der Waals surface area (Å²) < 4.78 is 4.53. The standard InChI is InChI=1S/C55H43N3O4/c1-35-29-39(27-28-57(41-13-5-2-3-6-14-41)49-19-11-9-17-43(35)49)36-21-22-40-33-52(59)54(61)55(62)53(60)34-56-48-25-23-37(31-46(48)45(40)30-36)38-24-26-51-47(32-38)44-18-10-12-20-50(44)58(51)42-15-7-4-8-16-42/h2,4-22,24,26-34H,3,23,25H2,1H3,(H4,56,59,60,61,62)/p+1/b28-27?,35-29+,40-33?. The van der Waals surface area contributed by atoms with Crippen molar-refractivity contribution in [1.82, 2.24) is 9.88 Å². The van der Waals surface area contributed by atoms with Gasteiger partial charge in [0.25, 0.3) is 0 Å². The highest BCUT2D eigenvalue weighted by Gasteiger charge is 2.25. The van der Waals surface area contributed by atoms with E-state index in [1.54, 1.807) is 0 Å². The SMILES string of the molecule is C/C1=C\C(c2ccc3c(c2)C2=C(CCC(c4ccc5c(c4)c4ccccc4n5-c4ccccc4)=C2)N/C=C(O)/C(O)=C(O)\C(O)=C/3)=C/C=[N+](C2=CC=CCC=C2)c2ccccc21. The molecule has 2 aliphatic carbocycles. The molecule has 0 amide bonds. The number of nitrogens with one attached hydrogen (secondary N) is 1. The molecule has 1 aromatic heterocycles. The average Bonchev–Trinajstić information content (AvgIpc) is 3.40. The van der Waals surface area contributed by atoms with E-state index in [1.165, 1.54) is 17.7 Å². The van der Waals surface area contributed by atoms with Crippen molar-refractivity contribution in [3.05, 3.63) is 232 Å². The second kappa shape index (κ2) is 15.9. The van der Waals surface area contributed by atoms with Gasteiger partial charge in [-0.3, -0.25) is 0 Å². The van der Waals surface area contributed by atoms with E-state index in [-0.39, 0.29) is 0 Å². The molecule has 5 aromatic carbocycles. The van der Waals surface area contributed by atoms with E-state index in [0.29, 0.717) is 18.4 Å². The Labute approximate surface area is 359 Å². The second-order valence-corrected chi connectivity index (χ2v) is 15.8. The van der Waals surface area contributed by atoms with E-state index in [0.717, 1.165) is 90.2 Å². The van der Waals surface area contributed by atoms with Gasteiger partial charge in [-0.15, -0.1) is 0 Å². The summed E-state index contributed by atoms with van der Waals surface area (Å²) in [7, 11) is 0. The molecule has 2 aliphatic heterocycles. The summed E-state index contributed by atoms with van der Waals surface area (Å²) in [6.07, 6.45) is 24.1. The molecule has 3 heterocycles. The Morgan fingerprint density at radius 1 is 0.645 bits per heavy atom. The van der Waals surface area contributed by atoms with Gasteiger partial charge in [0.05, 0.1) is 11.0 Å². The van der Waals surface area contributed by atoms with Crippen LogP contribution >= 0.6 is 0 Å². The molecular weight excluding hydrogens is 767 g/mol. The number of aromatic nitrogens is 1. The molecule has 7 heteroatoms. The van der Waals surface area contributed by atoms with Crippen LogP contribution in [0.4, 0.5) is 5.69 Å². The Morgan fingerprint density at radius 3 is 2.31 bits per heavy atom. The summed E-state index contributed by atoms with van der Waals surface area (Å²) in [5.41, 5.74) is 14.9. The quantitative estimate of drug-likeness (QED) is 0.114. The Kier molecular flexibility index (Phi) is 9.77. The maximum absolute atomic E-state index is 11.2. The van der Waals surface area contributed by atoms with E-state index in [1.807, 2.05) is 18.2 Å². The summed E-state index contributed by atoms with van der Waals surface area (Å²) in [6, 6.07) is 40.1. The van der Waals surface area contributed by atoms with Crippen LogP contribution in [-0.4, -0.2) is 35.8 Å². The first-order valence-electron chi connectivity index (χ1n) is 20.8. The molecule has 4 aliphatic rings. The molecule has 7 nitrogen and oxygen atoms in total. The van der Waals surface area contributed by atoms with Gasteiger partial charge in [-0.05, 0) is 120 Å². The molecule has 62 heavy (non-hydrogen) atoms. The molecule has 0 saturated carbocycles. The zero-order valence-corrected chi connectivity index (χ0v) is 34.1. The van der Waals surface area contributed by atoms with Gasteiger partial charge < -0.3 is 30.3 Å². The number of fused-ring (bicyclic) bond motifs is 6. The summed E-state index contributed by atoms with van der Waals surface area (Å²) >= 11 is 0. The van der Waals surface area contributed by atoms with Crippen LogP contribution in [0.15, 0.2) is 204 Å². The second-order valence-electron chi connectivity index (χ2n) is 15.8. The van der Waals surface area contributed by atoms with Crippen LogP contribution < -0.4 is 5.32 Å². The number of allylic oxidation sites excluding steroid dienone is 13. The number of hydrogen-bond acceptors (Lipinski definition) is 5. The zero-order chi connectivity index (χ0) is 42.3. The molecule has 0 atom stereocenters. The lowest BCUT2D eigenvalue weighted by Crippen LogP contribution is -2.13. The molecular formula is C55H44N3O4+. The van der Waals surface area contributed by atoms with Crippen LogP contribution in [0.2, 0.25) is 0 Å². The van der Waals surface area contributed by atoms with Crippen LogP contribution in [0, 0.1) is 0 Å². The zero-order valence-electron chi connectivity index (χ0n) is 34.1. The van der Waals surface area contributed by atoms with Gasteiger partial charge in [0.15, 0.2) is 17.7 Å². The highest BCUT2D eigenvalue weighted by molar-refractivity contribution is 6.10. The fraction of sp³-hybridized carbons (Fsp3) is 0.0727. The van der Waals surface area contributed by atoms with Crippen molar-refractivity contribution in [3.63, 3.8) is 0 Å². The first-order chi connectivity index (χ1) is 30.3. The third-order valence-electron chi connectivity index (χ3n) is 12.0. The van der Waals surface area contributed by atoms with E-state index in [9.17, 15) is 20.4 Å². The minimum atomic E-state index is -0.835. The number of nitrogens with zero attached hydrogens (tertiary/aromatic N) is 2. The lowest BCUT2D eigenvalue weighted by molar-refractivity contribution is -0.371. The monoisotopic (exact) mass is 810 g/mol. The van der Waals surface area contributed by atoms with Crippen LogP contribution in [0.5, 0.6) is 0 Å². The Morgan fingerprint density at radius 2 is 1.42 bits per heavy atom. The van der Waals surface area contributed by atoms with Crippen molar-refractivity contribution >= 4 is 62.1 Å². The lowest BCUT2D eigenvalue weighted by Gasteiger charge is -2.23. The normalized spacial score (nSPS) is 21.3. The topological polar surface area (TPSA) is 101 Å². The van der Waals surface area contributed by atoms with E-state index < -0.39 is 23.0 Å². The van der Waals surface area contributed by atoms with Gasteiger partial charge in [-0.1, -0.05) is 91.0 Å². The van der Waals surface area contributed by atoms with Gasteiger partial charge in [0, 0.05) is 63.8 Å². The van der Waals surface area contributed by atoms with Gasteiger partial charge in [0.2, 0.25) is 22.9 Å². The molecule has 0 unspecified atom stereocenters. The Balaban J connectivity index is 1.15. The first-order valence-corrected chi connectivity index (χ1v) is 20.8. The van der Waals surface area contributed by atoms with Crippen LogP contribution in [0.1, 0.15) is 54.0 Å². The van der Waals surface area contributed by atoms with Gasteiger partial charge in [0.1, 0.15) is 0 Å². The minimum absolute atomic E-state index is 0.582. The lowest BCUT2D eigenvalue weighted by atomic mass is 9.85. The van der Waals surface area contributed by atoms with E-state index >= 15 is 0 Å². The van der Waals surface area contributed by atoms with Crippen LogP contribution in [0.3, 0.4) is 0 Å².